The van der Waals surface area contributed by atoms with E-state index in [0.717, 1.165) is 17.7 Å². The van der Waals surface area contributed by atoms with Gasteiger partial charge in [0, 0.05) is 12.1 Å². The van der Waals surface area contributed by atoms with Gasteiger partial charge in [-0.1, -0.05) is 121 Å². The molecule has 0 radical (unpaired) electrons. The van der Waals surface area contributed by atoms with Crippen molar-refractivity contribution in [1.82, 2.24) is 0 Å². The molecule has 0 aliphatic heterocycles. The van der Waals surface area contributed by atoms with Crippen LogP contribution in [0.15, 0.2) is 66.7 Å². The Balaban J connectivity index is 1.26. The Bertz CT molecular complexity index is 1420. The summed E-state index contributed by atoms with van der Waals surface area (Å²) in [5.41, 5.74) is 1.19. The molecule has 3 N–H and O–H groups in total. The Kier molecular flexibility index (Phi) is 18.4. The first-order chi connectivity index (χ1) is 23.9. The SMILES string of the molecule is CCCCCCCCCCCCCCCCCCOc1ccc(CCC(=O)Nc2ccc(Oc3cccc(C(=O)O)c3)c(C(=O)O)c2)cc1. The molecule has 3 aromatic rings. The first-order valence-corrected chi connectivity index (χ1v) is 18.3. The minimum absolute atomic E-state index is 0.0194. The molecule has 8 heteroatoms. The van der Waals surface area contributed by atoms with Gasteiger partial charge in [-0.25, -0.2) is 9.59 Å². The van der Waals surface area contributed by atoms with Crippen molar-refractivity contribution in [2.24, 2.45) is 0 Å². The van der Waals surface area contributed by atoms with Gasteiger partial charge in [0.15, 0.2) is 0 Å². The number of ether oxygens (including phenoxy) is 2. The summed E-state index contributed by atoms with van der Waals surface area (Å²) in [6, 6.07) is 17.9. The van der Waals surface area contributed by atoms with Crippen molar-refractivity contribution in [1.29, 1.82) is 0 Å². The highest BCUT2D eigenvalue weighted by Crippen LogP contribution is 2.29. The highest BCUT2D eigenvalue weighted by atomic mass is 16.5. The van der Waals surface area contributed by atoms with Gasteiger partial charge in [-0.3, -0.25) is 4.79 Å². The molecule has 0 fully saturated rings. The number of carboxylic acids is 2. The van der Waals surface area contributed by atoms with E-state index >= 15 is 0 Å². The molecule has 0 atom stereocenters. The zero-order chi connectivity index (χ0) is 35.1. The minimum atomic E-state index is -1.24. The smallest absolute Gasteiger partial charge is 0.339 e. The number of benzene rings is 3. The van der Waals surface area contributed by atoms with Crippen LogP contribution in [0.5, 0.6) is 17.2 Å². The van der Waals surface area contributed by atoms with E-state index in [2.05, 4.69) is 12.2 Å². The zero-order valence-corrected chi connectivity index (χ0v) is 29.2. The second kappa shape index (κ2) is 23.1. The second-order valence-electron chi connectivity index (χ2n) is 12.8. The van der Waals surface area contributed by atoms with E-state index in [1.807, 2.05) is 24.3 Å². The summed E-state index contributed by atoms with van der Waals surface area (Å²) < 4.78 is 11.6. The lowest BCUT2D eigenvalue weighted by Gasteiger charge is -2.12. The van der Waals surface area contributed by atoms with Crippen LogP contribution in [-0.4, -0.2) is 34.7 Å². The topological polar surface area (TPSA) is 122 Å². The molecule has 49 heavy (non-hydrogen) atoms. The van der Waals surface area contributed by atoms with Crippen molar-refractivity contribution >= 4 is 23.5 Å². The maximum atomic E-state index is 12.6. The van der Waals surface area contributed by atoms with Crippen molar-refractivity contribution in [3.05, 3.63) is 83.4 Å². The van der Waals surface area contributed by atoms with Gasteiger partial charge in [-0.15, -0.1) is 0 Å². The van der Waals surface area contributed by atoms with Crippen LogP contribution in [0.1, 0.15) is 142 Å². The number of nitrogens with one attached hydrogen (secondary N) is 1. The van der Waals surface area contributed by atoms with Crippen molar-refractivity contribution in [2.45, 2.75) is 122 Å². The van der Waals surface area contributed by atoms with Gasteiger partial charge >= 0.3 is 11.9 Å². The number of carboxylic acid groups (broad SMARTS) is 2. The number of anilines is 1. The van der Waals surface area contributed by atoms with E-state index in [1.165, 1.54) is 133 Å². The van der Waals surface area contributed by atoms with Crippen LogP contribution < -0.4 is 14.8 Å². The average Bonchev–Trinajstić information content (AvgIpc) is 3.10. The van der Waals surface area contributed by atoms with Crippen LogP contribution in [0.3, 0.4) is 0 Å². The van der Waals surface area contributed by atoms with Gasteiger partial charge in [0.1, 0.15) is 22.8 Å². The number of aryl methyl sites for hydroxylation is 1. The van der Waals surface area contributed by atoms with Crippen LogP contribution in [-0.2, 0) is 11.2 Å². The lowest BCUT2D eigenvalue weighted by molar-refractivity contribution is -0.116. The third kappa shape index (κ3) is 16.1. The summed E-state index contributed by atoms with van der Waals surface area (Å²) in [6.45, 7) is 2.98. The quantitative estimate of drug-likeness (QED) is 0.0725. The van der Waals surface area contributed by atoms with Crippen molar-refractivity contribution < 1.29 is 34.1 Å². The summed E-state index contributed by atoms with van der Waals surface area (Å²) in [4.78, 5) is 35.7. The highest BCUT2D eigenvalue weighted by Gasteiger charge is 2.15. The Hall–Kier alpha value is -4.33. The molecule has 0 aromatic heterocycles. The Morgan fingerprint density at radius 1 is 0.633 bits per heavy atom. The molecular formula is C41H55NO7. The highest BCUT2D eigenvalue weighted by molar-refractivity contribution is 5.96. The number of amides is 1. The third-order valence-electron chi connectivity index (χ3n) is 8.63. The van der Waals surface area contributed by atoms with Gasteiger partial charge in [-0.2, -0.15) is 0 Å². The molecule has 8 nitrogen and oxygen atoms in total. The first-order valence-electron chi connectivity index (χ1n) is 18.3. The van der Waals surface area contributed by atoms with Gasteiger partial charge in [0.05, 0.1) is 12.2 Å². The largest absolute Gasteiger partial charge is 0.494 e. The fraction of sp³-hybridized carbons (Fsp3) is 0.488. The van der Waals surface area contributed by atoms with Gasteiger partial charge in [-0.05, 0) is 66.9 Å². The second-order valence-corrected chi connectivity index (χ2v) is 12.8. The number of unbranched alkanes of at least 4 members (excludes halogenated alkanes) is 15. The number of carbonyl (C=O) groups is 3. The summed E-state index contributed by atoms with van der Waals surface area (Å²) in [5.74, 6) is -1.55. The van der Waals surface area contributed by atoms with E-state index in [0.29, 0.717) is 18.7 Å². The third-order valence-corrected chi connectivity index (χ3v) is 8.63. The molecular weight excluding hydrogens is 618 g/mol. The van der Waals surface area contributed by atoms with E-state index in [1.54, 1.807) is 6.07 Å². The van der Waals surface area contributed by atoms with Crippen LogP contribution >= 0.6 is 0 Å². The molecule has 0 saturated carbocycles. The Morgan fingerprint density at radius 2 is 1.22 bits per heavy atom. The predicted octanol–water partition coefficient (Wildman–Crippen LogP) is 11.1. The lowest BCUT2D eigenvalue weighted by atomic mass is 10.0. The molecule has 0 aliphatic rings. The molecule has 0 spiro atoms. The molecule has 0 unspecified atom stereocenters. The Labute approximate surface area is 292 Å². The number of hydrogen-bond donors (Lipinski definition) is 3. The molecule has 3 aromatic carbocycles. The number of hydrogen-bond acceptors (Lipinski definition) is 5. The van der Waals surface area contributed by atoms with Gasteiger partial charge in [0.2, 0.25) is 5.91 Å². The number of carbonyl (C=O) groups excluding carboxylic acids is 1. The molecule has 1 amide bonds. The maximum absolute atomic E-state index is 12.6. The lowest BCUT2D eigenvalue weighted by Crippen LogP contribution is -2.13. The summed E-state index contributed by atoms with van der Waals surface area (Å²) in [5, 5.41) is 21.6. The average molecular weight is 674 g/mol. The zero-order valence-electron chi connectivity index (χ0n) is 29.2. The van der Waals surface area contributed by atoms with E-state index in [4.69, 9.17) is 9.47 Å². The van der Waals surface area contributed by atoms with Crippen molar-refractivity contribution in [3.63, 3.8) is 0 Å². The predicted molar refractivity (Wildman–Crippen MR) is 195 cm³/mol. The standard InChI is InChI=1S/C41H55NO7/c1-2-3-4-5-6-7-8-9-10-11-12-13-14-15-16-17-29-48-35-25-21-32(22-26-35)23-28-39(43)42-34-24-27-38(37(31-34)41(46)47)49-36-20-18-19-33(30-36)40(44)45/h18-22,24-27,30-31H,2-17,23,28-29H2,1H3,(H,42,43)(H,44,45)(H,46,47). The van der Waals surface area contributed by atoms with Gasteiger partial charge in [0.25, 0.3) is 0 Å². The fourth-order valence-corrected chi connectivity index (χ4v) is 5.76. The van der Waals surface area contributed by atoms with E-state index in [-0.39, 0.29) is 35.0 Å². The fourth-order valence-electron chi connectivity index (χ4n) is 5.76. The van der Waals surface area contributed by atoms with Gasteiger partial charge < -0.3 is 25.0 Å². The molecule has 0 saturated heterocycles. The molecule has 0 aliphatic carbocycles. The monoisotopic (exact) mass is 673 g/mol. The summed E-state index contributed by atoms with van der Waals surface area (Å²) >= 11 is 0. The van der Waals surface area contributed by atoms with Crippen molar-refractivity contribution in [2.75, 3.05) is 11.9 Å². The van der Waals surface area contributed by atoms with Crippen LogP contribution in [0.2, 0.25) is 0 Å². The first kappa shape index (κ1) is 39.1. The molecule has 3 rings (SSSR count). The molecule has 0 bridgehead atoms. The molecule has 266 valence electrons. The normalized spacial score (nSPS) is 10.9. The van der Waals surface area contributed by atoms with E-state index in [9.17, 15) is 24.6 Å². The van der Waals surface area contributed by atoms with Crippen molar-refractivity contribution in [3.8, 4) is 17.2 Å². The summed E-state index contributed by atoms with van der Waals surface area (Å²) in [6.07, 6.45) is 22.3. The number of aromatic carboxylic acids is 2. The van der Waals surface area contributed by atoms with Crippen LogP contribution in [0.4, 0.5) is 5.69 Å². The Morgan fingerprint density at radius 3 is 1.80 bits per heavy atom. The van der Waals surface area contributed by atoms with Crippen LogP contribution in [0.25, 0.3) is 0 Å². The molecule has 0 heterocycles. The summed E-state index contributed by atoms with van der Waals surface area (Å²) in [7, 11) is 0. The minimum Gasteiger partial charge on any atom is -0.494 e. The van der Waals surface area contributed by atoms with Crippen LogP contribution in [0, 0.1) is 0 Å². The van der Waals surface area contributed by atoms with E-state index < -0.39 is 11.9 Å². The maximum Gasteiger partial charge on any atom is 0.339 e. The number of rotatable bonds is 26.